The SMILES string of the molecule is COC(=O)[C@@H](C)Cc1ccc(NC2CCN(C)CC2)cc1. The van der Waals surface area contributed by atoms with E-state index in [0.29, 0.717) is 6.04 Å². The molecular weight excluding hydrogens is 264 g/mol. The zero-order valence-corrected chi connectivity index (χ0v) is 13.3. The van der Waals surface area contributed by atoms with Crippen LogP contribution in [0.4, 0.5) is 5.69 Å². The molecule has 0 radical (unpaired) electrons. The predicted octanol–water partition coefficient (Wildman–Crippen LogP) is 2.54. The highest BCUT2D eigenvalue weighted by molar-refractivity contribution is 5.72. The highest BCUT2D eigenvalue weighted by Gasteiger charge is 2.16. The van der Waals surface area contributed by atoms with Crippen LogP contribution in [0.25, 0.3) is 0 Å². The van der Waals surface area contributed by atoms with E-state index in [2.05, 4.69) is 41.5 Å². The van der Waals surface area contributed by atoms with Crippen LogP contribution < -0.4 is 5.32 Å². The van der Waals surface area contributed by atoms with Crippen molar-refractivity contribution in [2.75, 3.05) is 32.6 Å². The van der Waals surface area contributed by atoms with Crippen molar-refractivity contribution in [3.05, 3.63) is 29.8 Å². The van der Waals surface area contributed by atoms with E-state index in [4.69, 9.17) is 4.74 Å². The van der Waals surface area contributed by atoms with Crippen LogP contribution in [0.3, 0.4) is 0 Å². The van der Waals surface area contributed by atoms with Gasteiger partial charge in [0.1, 0.15) is 0 Å². The number of nitrogens with zero attached hydrogens (tertiary/aromatic N) is 1. The number of benzene rings is 1. The van der Waals surface area contributed by atoms with Crippen LogP contribution >= 0.6 is 0 Å². The number of esters is 1. The van der Waals surface area contributed by atoms with E-state index in [-0.39, 0.29) is 11.9 Å². The Bertz CT molecular complexity index is 450. The second-order valence-electron chi connectivity index (χ2n) is 6.05. The molecule has 1 saturated heterocycles. The summed E-state index contributed by atoms with van der Waals surface area (Å²) in [5.74, 6) is -0.244. The van der Waals surface area contributed by atoms with Crippen molar-refractivity contribution in [1.29, 1.82) is 0 Å². The van der Waals surface area contributed by atoms with Crippen molar-refractivity contribution < 1.29 is 9.53 Å². The number of ether oxygens (including phenoxy) is 1. The topological polar surface area (TPSA) is 41.6 Å². The molecular formula is C17H26N2O2. The Kier molecular flexibility index (Phi) is 5.62. The first-order chi connectivity index (χ1) is 10.1. The monoisotopic (exact) mass is 290 g/mol. The van der Waals surface area contributed by atoms with Gasteiger partial charge in [0.15, 0.2) is 0 Å². The lowest BCUT2D eigenvalue weighted by molar-refractivity contribution is -0.144. The van der Waals surface area contributed by atoms with Gasteiger partial charge >= 0.3 is 5.97 Å². The molecule has 0 bridgehead atoms. The maximum Gasteiger partial charge on any atom is 0.308 e. The van der Waals surface area contributed by atoms with E-state index in [1.165, 1.54) is 31.2 Å². The molecule has 1 aromatic rings. The Morgan fingerprint density at radius 3 is 2.52 bits per heavy atom. The fraction of sp³-hybridized carbons (Fsp3) is 0.588. The first-order valence-corrected chi connectivity index (χ1v) is 7.70. The standard InChI is InChI=1S/C17H26N2O2/c1-13(17(20)21-3)12-14-4-6-15(7-5-14)18-16-8-10-19(2)11-9-16/h4-7,13,16,18H,8-12H2,1-3H3/t13-/m0/s1. The molecule has 4 nitrogen and oxygen atoms in total. The van der Waals surface area contributed by atoms with Gasteiger partial charge in [0.05, 0.1) is 13.0 Å². The van der Waals surface area contributed by atoms with Crippen molar-refractivity contribution in [3.8, 4) is 0 Å². The first kappa shape index (κ1) is 15.8. The Morgan fingerprint density at radius 2 is 1.95 bits per heavy atom. The minimum absolute atomic E-state index is 0.0947. The Hall–Kier alpha value is -1.55. The van der Waals surface area contributed by atoms with Crippen molar-refractivity contribution in [2.45, 2.75) is 32.2 Å². The summed E-state index contributed by atoms with van der Waals surface area (Å²) < 4.78 is 4.76. The number of hydrogen-bond donors (Lipinski definition) is 1. The second-order valence-corrected chi connectivity index (χ2v) is 6.05. The molecule has 2 rings (SSSR count). The summed E-state index contributed by atoms with van der Waals surface area (Å²) >= 11 is 0. The van der Waals surface area contributed by atoms with E-state index in [1.54, 1.807) is 0 Å². The molecule has 1 N–H and O–H groups in total. The lowest BCUT2D eigenvalue weighted by Gasteiger charge is -2.30. The summed E-state index contributed by atoms with van der Waals surface area (Å²) in [6, 6.07) is 8.98. The van der Waals surface area contributed by atoms with Gasteiger partial charge < -0.3 is 15.0 Å². The third-order valence-corrected chi connectivity index (χ3v) is 4.19. The average Bonchev–Trinajstić information content (AvgIpc) is 2.50. The number of carbonyl (C=O) groups is 1. The summed E-state index contributed by atoms with van der Waals surface area (Å²) in [6.45, 7) is 4.22. The minimum atomic E-state index is -0.150. The number of piperidine rings is 1. The van der Waals surface area contributed by atoms with Crippen molar-refractivity contribution in [2.24, 2.45) is 5.92 Å². The van der Waals surface area contributed by atoms with Gasteiger partial charge in [0.25, 0.3) is 0 Å². The number of likely N-dealkylation sites (tertiary alicyclic amines) is 1. The molecule has 1 aliphatic rings. The molecule has 4 heteroatoms. The van der Waals surface area contributed by atoms with E-state index in [1.807, 2.05) is 6.92 Å². The van der Waals surface area contributed by atoms with Crippen LogP contribution in [-0.2, 0) is 16.0 Å². The minimum Gasteiger partial charge on any atom is -0.469 e. The zero-order chi connectivity index (χ0) is 15.2. The van der Waals surface area contributed by atoms with Gasteiger partial charge in [-0.3, -0.25) is 4.79 Å². The molecule has 1 aromatic carbocycles. The van der Waals surface area contributed by atoms with E-state index >= 15 is 0 Å². The highest BCUT2D eigenvalue weighted by Crippen LogP contribution is 2.18. The molecule has 116 valence electrons. The van der Waals surface area contributed by atoms with Crippen LogP contribution in [-0.4, -0.2) is 44.2 Å². The van der Waals surface area contributed by atoms with E-state index in [0.717, 1.165) is 19.5 Å². The van der Waals surface area contributed by atoms with Crippen molar-refractivity contribution >= 4 is 11.7 Å². The summed E-state index contributed by atoms with van der Waals surface area (Å²) in [4.78, 5) is 13.8. The maximum atomic E-state index is 11.4. The van der Waals surface area contributed by atoms with E-state index in [9.17, 15) is 4.79 Å². The Balaban J connectivity index is 1.85. The van der Waals surface area contributed by atoms with Gasteiger partial charge in [-0.1, -0.05) is 19.1 Å². The molecule has 1 aliphatic heterocycles. The Morgan fingerprint density at radius 1 is 1.33 bits per heavy atom. The second kappa shape index (κ2) is 7.46. The molecule has 0 aromatic heterocycles. The molecule has 0 unspecified atom stereocenters. The van der Waals surface area contributed by atoms with Gasteiger partial charge in [-0.25, -0.2) is 0 Å². The summed E-state index contributed by atoms with van der Waals surface area (Å²) in [6.07, 6.45) is 3.11. The number of hydrogen-bond acceptors (Lipinski definition) is 4. The summed E-state index contributed by atoms with van der Waals surface area (Å²) in [5, 5.41) is 3.60. The van der Waals surface area contributed by atoms with Crippen LogP contribution in [0.15, 0.2) is 24.3 Å². The largest absolute Gasteiger partial charge is 0.469 e. The first-order valence-electron chi connectivity index (χ1n) is 7.70. The van der Waals surface area contributed by atoms with Gasteiger partial charge in [-0.2, -0.15) is 0 Å². The third kappa shape index (κ3) is 4.74. The smallest absolute Gasteiger partial charge is 0.308 e. The number of anilines is 1. The van der Waals surface area contributed by atoms with Crippen LogP contribution in [0.2, 0.25) is 0 Å². The molecule has 21 heavy (non-hydrogen) atoms. The predicted molar refractivity (Wildman–Crippen MR) is 85.5 cm³/mol. The van der Waals surface area contributed by atoms with Gasteiger partial charge in [0, 0.05) is 11.7 Å². The summed E-state index contributed by atoms with van der Waals surface area (Å²) in [5.41, 5.74) is 2.33. The third-order valence-electron chi connectivity index (χ3n) is 4.19. The maximum absolute atomic E-state index is 11.4. The van der Waals surface area contributed by atoms with E-state index < -0.39 is 0 Å². The molecule has 0 spiro atoms. The highest BCUT2D eigenvalue weighted by atomic mass is 16.5. The van der Waals surface area contributed by atoms with Gasteiger partial charge in [0.2, 0.25) is 0 Å². The number of carbonyl (C=O) groups excluding carboxylic acids is 1. The Labute approximate surface area is 127 Å². The number of methoxy groups -OCH3 is 1. The van der Waals surface area contributed by atoms with Crippen molar-refractivity contribution in [3.63, 3.8) is 0 Å². The fourth-order valence-electron chi connectivity index (χ4n) is 2.76. The zero-order valence-electron chi connectivity index (χ0n) is 13.3. The quantitative estimate of drug-likeness (QED) is 0.846. The lowest BCUT2D eigenvalue weighted by atomic mass is 10.0. The number of nitrogens with one attached hydrogen (secondary N) is 1. The summed E-state index contributed by atoms with van der Waals surface area (Å²) in [7, 11) is 3.61. The lowest BCUT2D eigenvalue weighted by Crippen LogP contribution is -2.36. The fourth-order valence-corrected chi connectivity index (χ4v) is 2.76. The molecule has 1 atom stereocenters. The van der Waals surface area contributed by atoms with Gasteiger partial charge in [-0.15, -0.1) is 0 Å². The van der Waals surface area contributed by atoms with Crippen LogP contribution in [0.1, 0.15) is 25.3 Å². The normalized spacial score (nSPS) is 18.2. The molecule has 1 heterocycles. The number of rotatable bonds is 5. The van der Waals surface area contributed by atoms with Crippen molar-refractivity contribution in [1.82, 2.24) is 4.90 Å². The van der Waals surface area contributed by atoms with Crippen LogP contribution in [0.5, 0.6) is 0 Å². The molecule has 0 amide bonds. The average molecular weight is 290 g/mol. The van der Waals surface area contributed by atoms with Crippen LogP contribution in [0, 0.1) is 5.92 Å². The molecule has 0 aliphatic carbocycles. The molecule has 1 fully saturated rings. The van der Waals surface area contributed by atoms with Gasteiger partial charge in [-0.05, 0) is 57.1 Å². The molecule has 0 saturated carbocycles.